The Labute approximate surface area is 169 Å². The van der Waals surface area contributed by atoms with Gasteiger partial charge in [-0.3, -0.25) is 20.3 Å². The molecular weight excluding hydrogens is 394 g/mol. The van der Waals surface area contributed by atoms with Gasteiger partial charge in [0.15, 0.2) is 11.5 Å². The highest BCUT2D eigenvalue weighted by atomic mass is 16.7. The summed E-state index contributed by atoms with van der Waals surface area (Å²) >= 11 is 0. The van der Waals surface area contributed by atoms with Crippen molar-refractivity contribution in [1.82, 2.24) is 5.43 Å². The monoisotopic (exact) mass is 409 g/mol. The highest BCUT2D eigenvalue weighted by molar-refractivity contribution is 6.38. The molecule has 10 nitrogen and oxygen atoms in total. The number of hydrogen-bond acceptors (Lipinski definition) is 9. The molecule has 0 radical (unpaired) electrons. The number of ketones is 1. The van der Waals surface area contributed by atoms with Crippen LogP contribution in [0, 0.1) is 10.1 Å². The molecule has 1 N–H and O–H groups in total. The maximum absolute atomic E-state index is 12.0. The van der Waals surface area contributed by atoms with E-state index in [4.69, 9.17) is 9.47 Å². The van der Waals surface area contributed by atoms with Gasteiger partial charge in [-0.25, -0.2) is 4.79 Å². The minimum absolute atomic E-state index is 0.0453. The van der Waals surface area contributed by atoms with Gasteiger partial charge in [0.05, 0.1) is 17.7 Å². The fraction of sp³-hybridized carbons (Fsp3) is 0.150. The number of nitro benzene ring substituents is 1. The Kier molecular flexibility index (Phi) is 4.88. The van der Waals surface area contributed by atoms with E-state index in [1.54, 1.807) is 24.3 Å². The quantitative estimate of drug-likeness (QED) is 0.266. The fourth-order valence-electron chi connectivity index (χ4n) is 3.15. The topological polar surface area (TPSA) is 129 Å². The van der Waals surface area contributed by atoms with E-state index in [9.17, 15) is 19.7 Å². The molecule has 2 aliphatic rings. The summed E-state index contributed by atoms with van der Waals surface area (Å²) in [6.45, 7) is 0.0873. The highest BCUT2D eigenvalue weighted by Gasteiger charge is 2.24. The van der Waals surface area contributed by atoms with Crippen molar-refractivity contribution in [2.45, 2.75) is 6.42 Å². The number of carbonyl (C=O) groups is 2. The number of ether oxygens (including phenoxy) is 3. The van der Waals surface area contributed by atoms with Crippen LogP contribution >= 0.6 is 0 Å². The first-order valence-corrected chi connectivity index (χ1v) is 8.80. The number of carbonyl (C=O) groups excluding carboxylic acids is 2. The van der Waals surface area contributed by atoms with E-state index < -0.39 is 16.7 Å². The molecule has 0 saturated carbocycles. The van der Waals surface area contributed by atoms with Crippen molar-refractivity contribution in [3.8, 4) is 11.5 Å². The molecule has 2 aliphatic heterocycles. The summed E-state index contributed by atoms with van der Waals surface area (Å²) in [6, 6.07) is 9.48. The zero-order valence-electron chi connectivity index (χ0n) is 15.7. The van der Waals surface area contributed by atoms with Gasteiger partial charge >= 0.3 is 5.97 Å². The predicted molar refractivity (Wildman–Crippen MR) is 103 cm³/mol. The summed E-state index contributed by atoms with van der Waals surface area (Å²) in [5.41, 5.74) is 5.72. The van der Waals surface area contributed by atoms with Crippen LogP contribution in [0.25, 0.3) is 0 Å². The van der Waals surface area contributed by atoms with Crippen molar-refractivity contribution in [2.24, 2.45) is 5.10 Å². The molecule has 0 spiro atoms. The number of nitrogens with zero attached hydrogens (tertiary/aromatic N) is 2. The zero-order valence-corrected chi connectivity index (χ0v) is 15.7. The van der Waals surface area contributed by atoms with E-state index in [2.05, 4.69) is 15.3 Å². The number of hydrogen-bond donors (Lipinski definition) is 1. The van der Waals surface area contributed by atoms with Crippen molar-refractivity contribution >= 4 is 23.2 Å². The molecule has 0 saturated heterocycles. The second-order valence-corrected chi connectivity index (χ2v) is 6.44. The molecule has 0 amide bonds. The summed E-state index contributed by atoms with van der Waals surface area (Å²) in [6.07, 6.45) is 1.39. The third-order valence-corrected chi connectivity index (χ3v) is 4.59. The number of esters is 1. The van der Waals surface area contributed by atoms with Crippen molar-refractivity contribution in [3.63, 3.8) is 0 Å². The molecule has 152 valence electrons. The molecule has 0 aliphatic carbocycles. The molecule has 2 aromatic carbocycles. The van der Waals surface area contributed by atoms with Gasteiger partial charge < -0.3 is 14.2 Å². The number of benzene rings is 2. The number of methoxy groups -OCH3 is 1. The van der Waals surface area contributed by atoms with E-state index >= 15 is 0 Å². The Morgan fingerprint density at radius 3 is 2.57 bits per heavy atom. The first kappa shape index (κ1) is 19.1. The Bertz CT molecular complexity index is 1120. The van der Waals surface area contributed by atoms with Crippen LogP contribution < -0.4 is 14.9 Å². The summed E-state index contributed by atoms with van der Waals surface area (Å²) in [7, 11) is 1.13. The molecule has 2 heterocycles. The molecule has 0 atom stereocenters. The van der Waals surface area contributed by atoms with Gasteiger partial charge in [-0.1, -0.05) is 0 Å². The smallest absolute Gasteiger partial charge is 0.378 e. The van der Waals surface area contributed by atoms with Crippen LogP contribution in [0.5, 0.6) is 11.5 Å². The molecule has 0 aromatic heterocycles. The largest absolute Gasteiger partial charge is 0.463 e. The Morgan fingerprint density at radius 1 is 1.20 bits per heavy atom. The van der Waals surface area contributed by atoms with Gasteiger partial charge in [0.25, 0.3) is 11.5 Å². The summed E-state index contributed by atoms with van der Waals surface area (Å²) < 4.78 is 15.4. The molecule has 0 fully saturated rings. The molecule has 0 unspecified atom stereocenters. The number of rotatable bonds is 4. The number of nitrogens with one attached hydrogen (secondary N) is 1. The lowest BCUT2D eigenvalue weighted by Crippen LogP contribution is -2.17. The van der Waals surface area contributed by atoms with Crippen LogP contribution in [0.3, 0.4) is 0 Å². The minimum atomic E-state index is -0.987. The fourth-order valence-corrected chi connectivity index (χ4v) is 3.15. The average Bonchev–Trinajstić information content (AvgIpc) is 3.13. The number of hydrazone groups is 1. The normalized spacial score (nSPS) is 15.5. The van der Waals surface area contributed by atoms with E-state index in [1.807, 2.05) is 0 Å². The van der Waals surface area contributed by atoms with Crippen LogP contribution in [0.4, 0.5) is 5.69 Å². The van der Waals surface area contributed by atoms with Crippen LogP contribution in [0.2, 0.25) is 0 Å². The number of fused-ring (bicyclic) bond motifs is 2. The summed E-state index contributed by atoms with van der Waals surface area (Å²) in [4.78, 5) is 33.9. The van der Waals surface area contributed by atoms with Crippen molar-refractivity contribution in [1.29, 1.82) is 0 Å². The maximum Gasteiger partial charge on any atom is 0.378 e. The molecule has 0 bridgehead atoms. The lowest BCUT2D eigenvalue weighted by atomic mass is 9.94. The highest BCUT2D eigenvalue weighted by Crippen LogP contribution is 2.37. The zero-order chi connectivity index (χ0) is 21.3. The van der Waals surface area contributed by atoms with Gasteiger partial charge in [-0.2, -0.15) is 5.10 Å². The van der Waals surface area contributed by atoms with Crippen molar-refractivity contribution in [3.05, 3.63) is 75.0 Å². The average molecular weight is 409 g/mol. The van der Waals surface area contributed by atoms with Crippen molar-refractivity contribution in [2.75, 3.05) is 13.9 Å². The molecule has 30 heavy (non-hydrogen) atoms. The van der Waals surface area contributed by atoms with Crippen molar-refractivity contribution < 1.29 is 28.7 Å². The molecule has 2 aromatic rings. The minimum Gasteiger partial charge on any atom is -0.463 e. The number of non-ortho nitro benzene ring substituents is 1. The van der Waals surface area contributed by atoms with Crippen LogP contribution in [0.1, 0.15) is 16.7 Å². The van der Waals surface area contributed by atoms with Gasteiger partial charge in [0.2, 0.25) is 6.79 Å². The van der Waals surface area contributed by atoms with Crippen LogP contribution in [-0.2, 0) is 20.7 Å². The van der Waals surface area contributed by atoms with Gasteiger partial charge in [0, 0.05) is 41.5 Å². The Balaban J connectivity index is 1.80. The Morgan fingerprint density at radius 2 is 1.90 bits per heavy atom. The lowest BCUT2D eigenvalue weighted by molar-refractivity contribution is -0.384. The van der Waals surface area contributed by atoms with Gasteiger partial charge in [-0.05, 0) is 29.8 Å². The SMILES string of the molecule is COC(=O)C(=O)C=C1Cc2cc3c(cc2C(c2ccc([N+](=O)[O-])cc2)=NN1)OCO3. The summed E-state index contributed by atoms with van der Waals surface area (Å²) in [5.74, 6) is -0.714. The van der Waals surface area contributed by atoms with Gasteiger partial charge in [-0.15, -0.1) is 0 Å². The predicted octanol–water partition coefficient (Wildman–Crippen LogP) is 1.85. The van der Waals surface area contributed by atoms with E-state index in [0.717, 1.165) is 18.7 Å². The third kappa shape index (κ3) is 3.58. The second-order valence-electron chi connectivity index (χ2n) is 6.44. The first-order valence-electron chi connectivity index (χ1n) is 8.80. The lowest BCUT2D eigenvalue weighted by Gasteiger charge is -2.10. The first-order chi connectivity index (χ1) is 14.5. The summed E-state index contributed by atoms with van der Waals surface area (Å²) in [5, 5.41) is 15.3. The number of nitro groups is 1. The van der Waals surface area contributed by atoms with Gasteiger partial charge in [0.1, 0.15) is 0 Å². The molecular formula is C20H15N3O7. The maximum atomic E-state index is 12.0. The third-order valence-electron chi connectivity index (χ3n) is 4.59. The standard InChI is InChI=1S/C20H15N3O7/c1-28-20(25)16(24)8-13-6-12-7-17-18(30-10-29-17)9-15(12)19(22-21-13)11-2-4-14(5-3-11)23(26)27/h2-5,7-9,21H,6,10H2,1H3. The Hall–Kier alpha value is -4.21. The van der Waals surface area contributed by atoms with Crippen LogP contribution in [-0.4, -0.2) is 36.3 Å². The van der Waals surface area contributed by atoms with E-state index in [1.165, 1.54) is 12.1 Å². The van der Waals surface area contributed by atoms with E-state index in [0.29, 0.717) is 34.0 Å². The number of allylic oxidation sites excluding steroid dienone is 1. The van der Waals surface area contributed by atoms with E-state index in [-0.39, 0.29) is 18.9 Å². The second kappa shape index (κ2) is 7.66. The van der Waals surface area contributed by atoms with Crippen LogP contribution in [0.15, 0.2) is 53.3 Å². The molecule has 10 heteroatoms. The molecule has 4 rings (SSSR count).